The van der Waals surface area contributed by atoms with Gasteiger partial charge in [-0.2, -0.15) is 0 Å². The highest BCUT2D eigenvalue weighted by molar-refractivity contribution is 5.38. The van der Waals surface area contributed by atoms with E-state index < -0.39 is 37.3 Å². The first-order chi connectivity index (χ1) is 10.8. The molecule has 0 amide bonds. The maximum atomic E-state index is 9.97. The number of aryl methyl sites for hydroxylation is 1. The molecule has 0 aliphatic carbocycles. The molecule has 1 aromatic rings. The van der Waals surface area contributed by atoms with Crippen LogP contribution in [-0.2, 0) is 9.47 Å². The Labute approximate surface area is 134 Å². The van der Waals surface area contributed by atoms with Crippen LogP contribution in [0.1, 0.15) is 24.0 Å². The minimum atomic E-state index is -1.46. The van der Waals surface area contributed by atoms with Crippen molar-refractivity contribution < 1.29 is 35.0 Å². The van der Waals surface area contributed by atoms with E-state index in [9.17, 15) is 20.4 Å². The van der Waals surface area contributed by atoms with E-state index in [4.69, 9.17) is 14.6 Å². The molecule has 6 atom stereocenters. The fraction of sp³-hybridized carbons (Fsp3) is 0.625. The molecule has 23 heavy (non-hydrogen) atoms. The van der Waals surface area contributed by atoms with Gasteiger partial charge in [-0.05, 0) is 24.1 Å². The van der Waals surface area contributed by atoms with Gasteiger partial charge in [-0.3, -0.25) is 0 Å². The summed E-state index contributed by atoms with van der Waals surface area (Å²) in [5.74, 6) is -0.0159. The van der Waals surface area contributed by atoms with Crippen LogP contribution in [0.2, 0.25) is 0 Å². The van der Waals surface area contributed by atoms with Crippen LogP contribution in [0.25, 0.3) is 0 Å². The summed E-state index contributed by atoms with van der Waals surface area (Å²) < 4.78 is 10.8. The summed E-state index contributed by atoms with van der Waals surface area (Å²) in [7, 11) is 0. The van der Waals surface area contributed by atoms with E-state index in [1.165, 1.54) is 0 Å². The average Bonchev–Trinajstić information content (AvgIpc) is 2.51. The molecule has 0 aromatic heterocycles. The molecule has 1 aromatic carbocycles. The Kier molecular flexibility index (Phi) is 5.96. The minimum Gasteiger partial charge on any atom is -0.508 e. The topological polar surface area (TPSA) is 120 Å². The van der Waals surface area contributed by atoms with E-state index in [0.29, 0.717) is 5.56 Å². The molecular weight excluding hydrogens is 304 g/mol. The molecule has 5 N–H and O–H groups in total. The maximum absolute atomic E-state index is 9.97. The zero-order valence-electron chi connectivity index (χ0n) is 13.2. The molecular formula is C16H24O7. The van der Waals surface area contributed by atoms with Gasteiger partial charge in [-0.1, -0.05) is 19.1 Å². The highest BCUT2D eigenvalue weighted by Gasteiger charge is 2.44. The molecule has 0 bridgehead atoms. The number of aromatic hydroxyl groups is 1. The van der Waals surface area contributed by atoms with E-state index in [1.54, 1.807) is 12.1 Å². The second-order valence-electron chi connectivity index (χ2n) is 5.99. The van der Waals surface area contributed by atoms with Crippen molar-refractivity contribution in [1.29, 1.82) is 0 Å². The lowest BCUT2D eigenvalue weighted by molar-refractivity contribution is -0.301. The molecule has 1 aliphatic heterocycles. The molecule has 7 heteroatoms. The monoisotopic (exact) mass is 328 g/mol. The van der Waals surface area contributed by atoms with Gasteiger partial charge in [0.05, 0.1) is 13.2 Å². The first-order valence-corrected chi connectivity index (χ1v) is 7.56. The Balaban J connectivity index is 1.99. The molecule has 0 radical (unpaired) electrons. The number of hydrogen-bond acceptors (Lipinski definition) is 7. The Morgan fingerprint density at radius 2 is 1.87 bits per heavy atom. The van der Waals surface area contributed by atoms with E-state index in [1.807, 2.05) is 19.9 Å². The summed E-state index contributed by atoms with van der Waals surface area (Å²) in [4.78, 5) is 0. The smallest absolute Gasteiger partial charge is 0.186 e. The number of phenols is 1. The zero-order valence-corrected chi connectivity index (χ0v) is 13.2. The van der Waals surface area contributed by atoms with E-state index in [-0.39, 0.29) is 18.3 Å². The summed E-state index contributed by atoms with van der Waals surface area (Å²) in [5, 5.41) is 48.4. The molecule has 130 valence electrons. The molecule has 0 unspecified atom stereocenters. The molecule has 1 heterocycles. The highest BCUT2D eigenvalue weighted by Crippen LogP contribution is 2.28. The third-order valence-corrected chi connectivity index (χ3v) is 4.08. The number of hydrogen-bond donors (Lipinski definition) is 5. The van der Waals surface area contributed by atoms with Crippen LogP contribution in [0, 0.1) is 6.92 Å². The van der Waals surface area contributed by atoms with Gasteiger partial charge in [0.25, 0.3) is 0 Å². The van der Waals surface area contributed by atoms with Gasteiger partial charge in [0.1, 0.15) is 30.2 Å². The second-order valence-corrected chi connectivity index (χ2v) is 5.99. The van der Waals surface area contributed by atoms with Crippen molar-refractivity contribution in [1.82, 2.24) is 0 Å². The maximum Gasteiger partial charge on any atom is 0.186 e. The van der Waals surface area contributed by atoms with Crippen LogP contribution in [0.15, 0.2) is 18.2 Å². The zero-order chi connectivity index (χ0) is 17.1. The van der Waals surface area contributed by atoms with Crippen LogP contribution in [0.5, 0.6) is 5.75 Å². The lowest BCUT2D eigenvalue weighted by Gasteiger charge is -2.39. The number of ether oxygens (including phenoxy) is 2. The quantitative estimate of drug-likeness (QED) is 0.500. The molecule has 1 aliphatic rings. The Hall–Kier alpha value is -1.22. The van der Waals surface area contributed by atoms with Crippen LogP contribution < -0.4 is 0 Å². The van der Waals surface area contributed by atoms with Crippen molar-refractivity contribution in [2.45, 2.75) is 50.5 Å². The Bertz CT molecular complexity index is 519. The summed E-state index contributed by atoms with van der Waals surface area (Å²) in [6.45, 7) is 3.34. The average molecular weight is 328 g/mol. The Morgan fingerprint density at radius 1 is 1.17 bits per heavy atom. The molecule has 7 nitrogen and oxygen atoms in total. The van der Waals surface area contributed by atoms with Gasteiger partial charge < -0.3 is 35.0 Å². The number of benzene rings is 1. The van der Waals surface area contributed by atoms with Crippen molar-refractivity contribution in [3.05, 3.63) is 29.3 Å². The van der Waals surface area contributed by atoms with Gasteiger partial charge in [-0.25, -0.2) is 0 Å². The summed E-state index contributed by atoms with van der Waals surface area (Å²) in [5.41, 5.74) is 1.63. The number of aliphatic hydroxyl groups excluding tert-OH is 4. The number of rotatable bonds is 5. The summed E-state index contributed by atoms with van der Waals surface area (Å²) in [6.07, 6.45) is -6.46. The van der Waals surface area contributed by atoms with Crippen molar-refractivity contribution in [2.24, 2.45) is 0 Å². The second kappa shape index (κ2) is 7.57. The van der Waals surface area contributed by atoms with E-state index in [2.05, 4.69) is 0 Å². The molecule has 0 saturated carbocycles. The van der Waals surface area contributed by atoms with E-state index >= 15 is 0 Å². The van der Waals surface area contributed by atoms with Crippen molar-refractivity contribution in [3.8, 4) is 5.75 Å². The lowest BCUT2D eigenvalue weighted by Crippen LogP contribution is -2.59. The third-order valence-electron chi connectivity index (χ3n) is 4.08. The molecule has 0 spiro atoms. The van der Waals surface area contributed by atoms with Gasteiger partial charge in [0, 0.05) is 5.92 Å². The first-order valence-electron chi connectivity index (χ1n) is 7.56. The first kappa shape index (κ1) is 18.1. The van der Waals surface area contributed by atoms with Crippen molar-refractivity contribution in [3.63, 3.8) is 0 Å². The predicted molar refractivity (Wildman–Crippen MR) is 81.0 cm³/mol. The van der Waals surface area contributed by atoms with Gasteiger partial charge in [0.2, 0.25) is 0 Å². The van der Waals surface area contributed by atoms with Crippen molar-refractivity contribution in [2.75, 3.05) is 13.2 Å². The van der Waals surface area contributed by atoms with Gasteiger partial charge >= 0.3 is 0 Å². The van der Waals surface area contributed by atoms with Crippen LogP contribution in [-0.4, -0.2) is 69.5 Å². The van der Waals surface area contributed by atoms with Crippen LogP contribution in [0.4, 0.5) is 0 Å². The third kappa shape index (κ3) is 4.00. The van der Waals surface area contributed by atoms with E-state index in [0.717, 1.165) is 5.56 Å². The SMILES string of the molecule is Cc1ccc([C@H](C)CO[C@@H]2O[C@H](CO)[C@@H](O)[C@H](O)[C@H]2O)c(O)c1. The number of phenolic OH excluding ortho intramolecular Hbond substituents is 1. The summed E-state index contributed by atoms with van der Waals surface area (Å²) >= 11 is 0. The van der Waals surface area contributed by atoms with Gasteiger partial charge in [0.15, 0.2) is 6.29 Å². The van der Waals surface area contributed by atoms with Crippen LogP contribution in [0.3, 0.4) is 0 Å². The molecule has 1 fully saturated rings. The van der Waals surface area contributed by atoms with Gasteiger partial charge in [-0.15, -0.1) is 0 Å². The Morgan fingerprint density at radius 3 is 2.48 bits per heavy atom. The minimum absolute atomic E-state index is 0.124. The molecule has 1 saturated heterocycles. The largest absolute Gasteiger partial charge is 0.508 e. The highest BCUT2D eigenvalue weighted by atomic mass is 16.7. The summed E-state index contributed by atoms with van der Waals surface area (Å²) in [6, 6.07) is 5.32. The van der Waals surface area contributed by atoms with Crippen LogP contribution >= 0.6 is 0 Å². The lowest BCUT2D eigenvalue weighted by atomic mass is 9.98. The standard InChI is InChI=1S/C16H24O7/c1-8-3-4-10(11(18)5-8)9(2)7-22-16-15(21)14(20)13(19)12(6-17)23-16/h3-5,9,12-21H,6-7H2,1-2H3/t9-,12-,13-,14+,15-,16-/m1/s1. The van der Waals surface area contributed by atoms with Crippen molar-refractivity contribution >= 4 is 0 Å². The normalized spacial score (nSPS) is 32.7. The fourth-order valence-corrected chi connectivity index (χ4v) is 2.60. The predicted octanol–water partition coefficient (Wildman–Crippen LogP) is -0.379. The molecule has 2 rings (SSSR count). The fourth-order valence-electron chi connectivity index (χ4n) is 2.60. The number of aliphatic hydroxyl groups is 4.